The molecule has 1 aromatic carbocycles. The maximum atomic E-state index is 4.46. The first-order valence-electron chi connectivity index (χ1n) is 12.2. The van der Waals surface area contributed by atoms with Crippen molar-refractivity contribution in [2.45, 2.75) is 87.5 Å². The molecule has 0 heterocycles. The van der Waals surface area contributed by atoms with E-state index in [-0.39, 0.29) is 0 Å². The second-order valence-electron chi connectivity index (χ2n) is 9.16. The minimum Gasteiger partial charge on any atom is -0.0992 e. The van der Waals surface area contributed by atoms with E-state index in [9.17, 15) is 0 Å². The monoisotopic (exact) mass is 418 g/mol. The van der Waals surface area contributed by atoms with E-state index in [0.717, 1.165) is 19.3 Å². The van der Waals surface area contributed by atoms with Crippen LogP contribution in [0.1, 0.15) is 91.7 Å². The van der Waals surface area contributed by atoms with E-state index in [1.165, 1.54) is 51.8 Å². The summed E-state index contributed by atoms with van der Waals surface area (Å²) in [5.74, 6) is 1.17. The largest absolute Gasteiger partial charge is 0.0992 e. The lowest BCUT2D eigenvalue weighted by molar-refractivity contribution is 0.588. The van der Waals surface area contributed by atoms with Crippen molar-refractivity contribution in [3.05, 3.63) is 88.6 Å². The van der Waals surface area contributed by atoms with Crippen molar-refractivity contribution in [1.29, 1.82) is 0 Å². The number of rotatable bonds is 12. The van der Waals surface area contributed by atoms with Crippen LogP contribution in [0.15, 0.2) is 77.4 Å². The molecule has 0 nitrogen and oxygen atoms in total. The number of hydrogen-bond acceptors (Lipinski definition) is 0. The summed E-state index contributed by atoms with van der Waals surface area (Å²) in [6.45, 7) is 22.4. The Morgan fingerprint density at radius 2 is 1.71 bits per heavy atom. The first kappa shape index (κ1) is 27.0. The van der Waals surface area contributed by atoms with E-state index in [4.69, 9.17) is 0 Å². The Kier molecular flexibility index (Phi) is 12.2. The fraction of sp³-hybridized carbons (Fsp3) is 0.484. The highest BCUT2D eigenvalue weighted by Gasteiger charge is 2.11. The molecule has 0 aliphatic heterocycles. The predicted molar refractivity (Wildman–Crippen MR) is 142 cm³/mol. The number of benzene rings is 1. The summed E-state index contributed by atoms with van der Waals surface area (Å²) < 4.78 is 0. The summed E-state index contributed by atoms with van der Waals surface area (Å²) in [6.07, 6.45) is 14.8. The molecule has 0 N–H and O–H groups in total. The van der Waals surface area contributed by atoms with Crippen molar-refractivity contribution in [1.82, 2.24) is 0 Å². The van der Waals surface area contributed by atoms with Crippen molar-refractivity contribution < 1.29 is 0 Å². The topological polar surface area (TPSA) is 0 Å². The zero-order valence-electron chi connectivity index (χ0n) is 21.5. The fourth-order valence-corrected chi connectivity index (χ4v) is 4.33. The number of aryl methyl sites for hydroxylation is 1. The van der Waals surface area contributed by atoms with Crippen LogP contribution in [0.4, 0.5) is 0 Å². The Hall–Kier alpha value is -2.08. The molecule has 2 atom stereocenters. The first-order valence-corrected chi connectivity index (χ1v) is 12.2. The van der Waals surface area contributed by atoms with Gasteiger partial charge >= 0.3 is 0 Å². The smallest absolute Gasteiger partial charge is 0.0105 e. The quantitative estimate of drug-likeness (QED) is 0.234. The standard InChI is InChI=1S/C31H46/c1-10-15-24(5)31(12-3)25(6)16-13-14-17-29(11-2)27(8)22-26(7)28(9)30-20-18-23(4)19-21-30/h12-14,16,18-21,24,29H,8,10-11,15,17,22H2,1-7,9H3. The zero-order valence-corrected chi connectivity index (χ0v) is 21.5. The predicted octanol–water partition coefficient (Wildman–Crippen LogP) is 10.0. The Bertz CT molecular complexity index is 808. The van der Waals surface area contributed by atoms with Crippen molar-refractivity contribution in [3.8, 4) is 0 Å². The van der Waals surface area contributed by atoms with Crippen LogP contribution in [0.5, 0.6) is 0 Å². The lowest BCUT2D eigenvalue weighted by Crippen LogP contribution is -2.02. The van der Waals surface area contributed by atoms with Crippen LogP contribution in [0, 0.1) is 18.8 Å². The Morgan fingerprint density at radius 1 is 1.06 bits per heavy atom. The van der Waals surface area contributed by atoms with Gasteiger partial charge < -0.3 is 0 Å². The Labute approximate surface area is 193 Å². The zero-order chi connectivity index (χ0) is 23.4. The average Bonchev–Trinajstić information content (AvgIpc) is 2.74. The molecule has 0 fully saturated rings. The van der Waals surface area contributed by atoms with Crippen LogP contribution in [0.25, 0.3) is 5.57 Å². The lowest BCUT2D eigenvalue weighted by atomic mass is 9.87. The summed E-state index contributed by atoms with van der Waals surface area (Å²) in [7, 11) is 0. The molecule has 1 aromatic rings. The van der Waals surface area contributed by atoms with Gasteiger partial charge in [-0.15, -0.1) is 0 Å². The lowest BCUT2D eigenvalue weighted by Gasteiger charge is -2.18. The third-order valence-corrected chi connectivity index (χ3v) is 6.61. The van der Waals surface area contributed by atoms with Gasteiger partial charge in [-0.05, 0) is 94.4 Å². The molecule has 0 spiro atoms. The minimum atomic E-state index is 0.533. The van der Waals surface area contributed by atoms with E-state index in [1.807, 2.05) is 0 Å². The van der Waals surface area contributed by atoms with Gasteiger partial charge in [-0.1, -0.05) is 99.1 Å². The third-order valence-electron chi connectivity index (χ3n) is 6.61. The van der Waals surface area contributed by atoms with Crippen LogP contribution in [0.3, 0.4) is 0 Å². The maximum Gasteiger partial charge on any atom is -0.0105 e. The molecule has 0 bridgehead atoms. The average molecular weight is 419 g/mol. The van der Waals surface area contributed by atoms with Crippen LogP contribution in [-0.4, -0.2) is 0 Å². The first-order chi connectivity index (χ1) is 14.7. The molecule has 0 amide bonds. The second-order valence-corrected chi connectivity index (χ2v) is 9.16. The highest BCUT2D eigenvalue weighted by Crippen LogP contribution is 2.29. The van der Waals surface area contributed by atoms with Gasteiger partial charge in [-0.25, -0.2) is 0 Å². The fourth-order valence-electron chi connectivity index (χ4n) is 4.33. The van der Waals surface area contributed by atoms with Gasteiger partial charge in [-0.2, -0.15) is 0 Å². The van der Waals surface area contributed by atoms with Crippen LogP contribution < -0.4 is 0 Å². The van der Waals surface area contributed by atoms with Gasteiger partial charge in [0.15, 0.2) is 0 Å². The van der Waals surface area contributed by atoms with Crippen molar-refractivity contribution in [2.75, 3.05) is 0 Å². The molecule has 31 heavy (non-hydrogen) atoms. The Balaban J connectivity index is 2.76. The van der Waals surface area contributed by atoms with E-state index < -0.39 is 0 Å². The van der Waals surface area contributed by atoms with Gasteiger partial charge in [0, 0.05) is 0 Å². The molecule has 170 valence electrons. The minimum absolute atomic E-state index is 0.533. The molecule has 0 aliphatic carbocycles. The SMILES string of the molecule is C=C(CC(C)=C(C)c1ccc(C)cc1)C(CC)CC=CC=C(C)C(=CC)C(C)CCC. The summed E-state index contributed by atoms with van der Waals surface area (Å²) in [4.78, 5) is 0. The van der Waals surface area contributed by atoms with Gasteiger partial charge in [0.25, 0.3) is 0 Å². The second kappa shape index (κ2) is 14.1. The van der Waals surface area contributed by atoms with E-state index in [1.54, 1.807) is 0 Å². The molecular formula is C31H46. The molecule has 1 rings (SSSR count). The summed E-state index contributed by atoms with van der Waals surface area (Å²) in [5, 5.41) is 0. The molecular weight excluding hydrogens is 372 g/mol. The summed E-state index contributed by atoms with van der Waals surface area (Å²) in [5.41, 5.74) is 9.65. The maximum absolute atomic E-state index is 4.46. The van der Waals surface area contributed by atoms with Crippen molar-refractivity contribution in [3.63, 3.8) is 0 Å². The van der Waals surface area contributed by atoms with Crippen molar-refractivity contribution in [2.24, 2.45) is 11.8 Å². The van der Waals surface area contributed by atoms with E-state index >= 15 is 0 Å². The molecule has 0 saturated carbocycles. The van der Waals surface area contributed by atoms with Gasteiger partial charge in [0.1, 0.15) is 0 Å². The summed E-state index contributed by atoms with van der Waals surface area (Å²) >= 11 is 0. The number of allylic oxidation sites excluding steroid dienone is 9. The van der Waals surface area contributed by atoms with Crippen molar-refractivity contribution >= 4 is 5.57 Å². The molecule has 0 aromatic heterocycles. The summed E-state index contributed by atoms with van der Waals surface area (Å²) in [6, 6.07) is 8.84. The van der Waals surface area contributed by atoms with Gasteiger partial charge in [0.2, 0.25) is 0 Å². The van der Waals surface area contributed by atoms with E-state index in [0.29, 0.717) is 11.8 Å². The van der Waals surface area contributed by atoms with Crippen LogP contribution >= 0.6 is 0 Å². The highest BCUT2D eigenvalue weighted by atomic mass is 14.2. The van der Waals surface area contributed by atoms with E-state index in [2.05, 4.69) is 111 Å². The molecule has 0 heteroatoms. The molecule has 0 saturated heterocycles. The molecule has 0 radical (unpaired) electrons. The van der Waals surface area contributed by atoms with Crippen LogP contribution in [0.2, 0.25) is 0 Å². The van der Waals surface area contributed by atoms with Gasteiger partial charge in [-0.3, -0.25) is 0 Å². The van der Waals surface area contributed by atoms with Gasteiger partial charge in [0.05, 0.1) is 0 Å². The molecule has 2 unspecified atom stereocenters. The normalized spacial score (nSPS) is 15.7. The molecule has 0 aliphatic rings. The number of hydrogen-bond donors (Lipinski definition) is 0. The third kappa shape index (κ3) is 8.90. The Morgan fingerprint density at radius 3 is 2.26 bits per heavy atom. The highest BCUT2D eigenvalue weighted by molar-refractivity contribution is 5.67. The van der Waals surface area contributed by atoms with Crippen LogP contribution in [-0.2, 0) is 0 Å².